The Labute approximate surface area is 119 Å². The lowest BCUT2D eigenvalue weighted by atomic mass is 10.1. The lowest BCUT2D eigenvalue weighted by Crippen LogP contribution is -2.10. The molecule has 1 atom stereocenters. The highest BCUT2D eigenvalue weighted by Gasteiger charge is 2.11. The van der Waals surface area contributed by atoms with Crippen LogP contribution in [0.5, 0.6) is 0 Å². The predicted molar refractivity (Wildman–Crippen MR) is 77.6 cm³/mol. The Bertz CT molecular complexity index is 562. The van der Waals surface area contributed by atoms with Crippen LogP contribution < -0.4 is 11.1 Å². The largest absolute Gasteiger partial charge is 0.368 e. The summed E-state index contributed by atoms with van der Waals surface area (Å²) >= 11 is 9.52. The monoisotopic (exact) mass is 326 g/mol. The van der Waals surface area contributed by atoms with Crippen molar-refractivity contribution < 1.29 is 0 Å². The van der Waals surface area contributed by atoms with E-state index in [0.717, 1.165) is 15.1 Å². The highest BCUT2D eigenvalue weighted by atomic mass is 79.9. The summed E-state index contributed by atoms with van der Waals surface area (Å²) in [6.45, 7) is 2.01. The minimum atomic E-state index is 0.0179. The van der Waals surface area contributed by atoms with E-state index < -0.39 is 0 Å². The third-order valence-corrected chi connectivity index (χ3v) is 3.41. The van der Waals surface area contributed by atoms with Crippen LogP contribution in [0.15, 0.2) is 34.9 Å². The predicted octanol–water partition coefficient (Wildman–Crippen LogP) is 3.65. The van der Waals surface area contributed by atoms with E-state index in [0.29, 0.717) is 5.82 Å². The molecular formula is C12H12BrClN4. The molecular weight excluding hydrogens is 316 g/mol. The third kappa shape index (κ3) is 2.91. The molecule has 1 aromatic heterocycles. The average Bonchev–Trinajstić information content (AvgIpc) is 2.34. The fourth-order valence-corrected chi connectivity index (χ4v) is 2.20. The van der Waals surface area contributed by atoms with Crippen molar-refractivity contribution in [1.82, 2.24) is 9.97 Å². The van der Waals surface area contributed by atoms with Crippen LogP contribution in [0.2, 0.25) is 5.02 Å². The molecule has 0 spiro atoms. The van der Waals surface area contributed by atoms with Gasteiger partial charge in [-0.05, 0) is 34.5 Å². The van der Waals surface area contributed by atoms with Crippen LogP contribution in [0.25, 0.3) is 0 Å². The molecule has 0 aliphatic heterocycles. The van der Waals surface area contributed by atoms with E-state index >= 15 is 0 Å². The zero-order chi connectivity index (χ0) is 13.1. The Morgan fingerprint density at radius 1 is 1.39 bits per heavy atom. The van der Waals surface area contributed by atoms with E-state index in [1.807, 2.05) is 31.2 Å². The number of nitrogens with zero attached hydrogens (tertiary/aromatic N) is 2. The lowest BCUT2D eigenvalue weighted by molar-refractivity contribution is 0.871. The number of nitrogens with one attached hydrogen (secondary N) is 1. The van der Waals surface area contributed by atoms with Gasteiger partial charge in [-0.3, -0.25) is 0 Å². The standard InChI is InChI=1S/C12H12BrClN4/c1-7(8-4-2-3-5-10(8)14)17-11-9(13)6-16-12(15)18-11/h2-7H,1H3,(H3,15,16,17,18). The fourth-order valence-electron chi connectivity index (χ4n) is 1.59. The van der Waals surface area contributed by atoms with Gasteiger partial charge >= 0.3 is 0 Å². The first-order chi connectivity index (χ1) is 8.58. The van der Waals surface area contributed by atoms with Gasteiger partial charge in [0.15, 0.2) is 0 Å². The van der Waals surface area contributed by atoms with Gasteiger partial charge in [-0.15, -0.1) is 0 Å². The van der Waals surface area contributed by atoms with Gasteiger partial charge < -0.3 is 11.1 Å². The van der Waals surface area contributed by atoms with Gasteiger partial charge in [0.1, 0.15) is 5.82 Å². The second-order valence-electron chi connectivity index (χ2n) is 3.81. The van der Waals surface area contributed by atoms with Gasteiger partial charge in [-0.2, -0.15) is 4.98 Å². The number of rotatable bonds is 3. The second kappa shape index (κ2) is 5.54. The van der Waals surface area contributed by atoms with Crippen molar-refractivity contribution in [2.45, 2.75) is 13.0 Å². The van der Waals surface area contributed by atoms with Crippen molar-refractivity contribution in [3.63, 3.8) is 0 Å². The molecule has 6 heteroatoms. The molecule has 18 heavy (non-hydrogen) atoms. The molecule has 2 rings (SSSR count). The Balaban J connectivity index is 2.24. The molecule has 2 aromatic rings. The molecule has 0 bridgehead atoms. The zero-order valence-corrected chi connectivity index (χ0v) is 12.0. The molecule has 1 aromatic carbocycles. The van der Waals surface area contributed by atoms with E-state index in [2.05, 4.69) is 31.2 Å². The Morgan fingerprint density at radius 3 is 2.83 bits per heavy atom. The first-order valence-electron chi connectivity index (χ1n) is 5.37. The van der Waals surface area contributed by atoms with Crippen molar-refractivity contribution in [3.8, 4) is 0 Å². The summed E-state index contributed by atoms with van der Waals surface area (Å²) in [5, 5.41) is 3.96. The van der Waals surface area contributed by atoms with E-state index in [9.17, 15) is 0 Å². The van der Waals surface area contributed by atoms with Crippen molar-refractivity contribution in [1.29, 1.82) is 0 Å². The van der Waals surface area contributed by atoms with Crippen molar-refractivity contribution in [2.24, 2.45) is 0 Å². The summed E-state index contributed by atoms with van der Waals surface area (Å²) in [4.78, 5) is 8.02. The number of hydrogen-bond acceptors (Lipinski definition) is 4. The van der Waals surface area contributed by atoms with Gasteiger partial charge in [-0.25, -0.2) is 4.98 Å². The molecule has 0 radical (unpaired) electrons. The van der Waals surface area contributed by atoms with Gasteiger partial charge in [-0.1, -0.05) is 29.8 Å². The second-order valence-corrected chi connectivity index (χ2v) is 5.07. The molecule has 0 saturated carbocycles. The average molecular weight is 328 g/mol. The summed E-state index contributed by atoms with van der Waals surface area (Å²) in [7, 11) is 0. The first kappa shape index (κ1) is 13.1. The molecule has 1 heterocycles. The van der Waals surface area contributed by atoms with E-state index in [1.54, 1.807) is 6.20 Å². The molecule has 94 valence electrons. The molecule has 3 N–H and O–H groups in total. The minimum absolute atomic E-state index is 0.0179. The van der Waals surface area contributed by atoms with Gasteiger partial charge in [0, 0.05) is 11.2 Å². The van der Waals surface area contributed by atoms with Crippen LogP contribution in [-0.4, -0.2) is 9.97 Å². The molecule has 4 nitrogen and oxygen atoms in total. The maximum atomic E-state index is 6.15. The zero-order valence-electron chi connectivity index (χ0n) is 9.69. The molecule has 1 unspecified atom stereocenters. The van der Waals surface area contributed by atoms with Crippen LogP contribution in [0.3, 0.4) is 0 Å². The van der Waals surface area contributed by atoms with Crippen LogP contribution in [0.4, 0.5) is 11.8 Å². The summed E-state index contributed by atoms with van der Waals surface area (Å²) in [5.41, 5.74) is 6.57. The quantitative estimate of drug-likeness (QED) is 0.903. The first-order valence-corrected chi connectivity index (χ1v) is 6.54. The van der Waals surface area contributed by atoms with Crippen molar-refractivity contribution >= 4 is 39.3 Å². The van der Waals surface area contributed by atoms with E-state index in [-0.39, 0.29) is 12.0 Å². The smallest absolute Gasteiger partial charge is 0.221 e. The normalized spacial score (nSPS) is 12.2. The van der Waals surface area contributed by atoms with Crippen LogP contribution in [-0.2, 0) is 0 Å². The maximum Gasteiger partial charge on any atom is 0.221 e. The number of benzene rings is 1. The minimum Gasteiger partial charge on any atom is -0.368 e. The SMILES string of the molecule is CC(Nc1nc(N)ncc1Br)c1ccccc1Cl. The molecule has 0 saturated heterocycles. The number of nitrogen functional groups attached to an aromatic ring is 1. The third-order valence-electron chi connectivity index (χ3n) is 2.49. The summed E-state index contributed by atoms with van der Waals surface area (Å²) in [6, 6.07) is 7.70. The van der Waals surface area contributed by atoms with Gasteiger partial charge in [0.2, 0.25) is 5.95 Å². The van der Waals surface area contributed by atoms with Crippen LogP contribution in [0.1, 0.15) is 18.5 Å². The number of hydrogen-bond donors (Lipinski definition) is 2. The molecule has 0 aliphatic rings. The van der Waals surface area contributed by atoms with Crippen LogP contribution in [0, 0.1) is 0 Å². The number of aromatic nitrogens is 2. The van der Waals surface area contributed by atoms with Crippen molar-refractivity contribution in [3.05, 3.63) is 45.5 Å². The Kier molecular flexibility index (Phi) is 4.04. The van der Waals surface area contributed by atoms with Crippen molar-refractivity contribution in [2.75, 3.05) is 11.1 Å². The number of halogens is 2. The van der Waals surface area contributed by atoms with E-state index in [4.69, 9.17) is 17.3 Å². The fraction of sp³-hybridized carbons (Fsp3) is 0.167. The Hall–Kier alpha value is -1.33. The van der Waals surface area contributed by atoms with E-state index in [1.165, 1.54) is 0 Å². The van der Waals surface area contributed by atoms with Gasteiger partial charge in [0.05, 0.1) is 10.5 Å². The van der Waals surface area contributed by atoms with Crippen LogP contribution >= 0.6 is 27.5 Å². The summed E-state index contributed by atoms with van der Waals surface area (Å²) in [6.07, 6.45) is 1.62. The Morgan fingerprint density at radius 2 is 2.11 bits per heavy atom. The maximum absolute atomic E-state index is 6.15. The summed E-state index contributed by atoms with van der Waals surface area (Å²) in [5.74, 6) is 0.877. The number of anilines is 2. The highest BCUT2D eigenvalue weighted by Crippen LogP contribution is 2.28. The molecule has 0 aliphatic carbocycles. The topological polar surface area (TPSA) is 63.8 Å². The highest BCUT2D eigenvalue weighted by molar-refractivity contribution is 9.10. The molecule has 0 amide bonds. The lowest BCUT2D eigenvalue weighted by Gasteiger charge is -2.17. The number of nitrogens with two attached hydrogens (primary N) is 1. The van der Waals surface area contributed by atoms with Gasteiger partial charge in [0.25, 0.3) is 0 Å². The molecule has 0 fully saturated rings. The summed E-state index contributed by atoms with van der Waals surface area (Å²) < 4.78 is 0.760.